The normalized spacial score (nSPS) is 29.2. The van der Waals surface area contributed by atoms with Crippen LogP contribution < -0.4 is 5.32 Å². The van der Waals surface area contributed by atoms with Crippen LogP contribution >= 0.6 is 0 Å². The molecule has 2 aliphatic rings. The molecule has 2 fully saturated rings. The van der Waals surface area contributed by atoms with Crippen LogP contribution in [-0.2, 0) is 14.3 Å². The molecule has 2 aliphatic heterocycles. The Hall–Kier alpha value is -1.68. The van der Waals surface area contributed by atoms with E-state index in [4.69, 9.17) is 4.74 Å². The maximum atomic E-state index is 12.7. The Kier molecular flexibility index (Phi) is 2.94. The third-order valence-corrected chi connectivity index (χ3v) is 4.30. The number of benzene rings is 1. The number of amides is 1. The number of rotatable bonds is 1. The number of ether oxygens (including phenoxy) is 1. The van der Waals surface area contributed by atoms with Gasteiger partial charge in [0.2, 0.25) is 17.4 Å². The molecular formula is C16H19NO3. The smallest absolute Gasteiger partial charge is 0.237 e. The van der Waals surface area contributed by atoms with E-state index >= 15 is 0 Å². The largest absolute Gasteiger partial charge is 0.349 e. The summed E-state index contributed by atoms with van der Waals surface area (Å²) in [6, 6.07) is 4.03. The molecule has 2 saturated heterocycles. The van der Waals surface area contributed by atoms with E-state index in [2.05, 4.69) is 5.32 Å². The third kappa shape index (κ3) is 1.79. The van der Waals surface area contributed by atoms with E-state index in [1.54, 1.807) is 0 Å². The first-order valence-corrected chi connectivity index (χ1v) is 7.03. The molecule has 20 heavy (non-hydrogen) atoms. The van der Waals surface area contributed by atoms with E-state index in [9.17, 15) is 9.59 Å². The highest BCUT2D eigenvalue weighted by molar-refractivity contribution is 6.16. The molecule has 0 aliphatic carbocycles. The van der Waals surface area contributed by atoms with Crippen molar-refractivity contribution in [2.75, 3.05) is 6.61 Å². The van der Waals surface area contributed by atoms with Crippen molar-refractivity contribution in [1.82, 2.24) is 5.32 Å². The fraction of sp³-hybridized carbons (Fsp3) is 0.500. The van der Waals surface area contributed by atoms with Gasteiger partial charge in [-0.3, -0.25) is 9.59 Å². The fourth-order valence-corrected chi connectivity index (χ4v) is 3.53. The summed E-state index contributed by atoms with van der Waals surface area (Å²) in [6.45, 7) is 6.46. The van der Waals surface area contributed by atoms with Crippen LogP contribution in [0.3, 0.4) is 0 Å². The van der Waals surface area contributed by atoms with E-state index in [0.717, 1.165) is 28.7 Å². The molecular weight excluding hydrogens is 254 g/mol. The number of carbonyl (C=O) groups excluding carboxylic acids is 2. The Morgan fingerprint density at radius 1 is 1.20 bits per heavy atom. The second-order valence-corrected chi connectivity index (χ2v) is 5.88. The molecule has 106 valence electrons. The van der Waals surface area contributed by atoms with Gasteiger partial charge in [-0.2, -0.15) is 0 Å². The molecule has 1 spiro atoms. The highest BCUT2D eigenvalue weighted by Crippen LogP contribution is 2.38. The van der Waals surface area contributed by atoms with Crippen LogP contribution in [0, 0.1) is 20.8 Å². The van der Waals surface area contributed by atoms with Gasteiger partial charge in [0.1, 0.15) is 5.92 Å². The lowest BCUT2D eigenvalue weighted by Gasteiger charge is -2.20. The van der Waals surface area contributed by atoms with E-state index in [0.29, 0.717) is 13.0 Å². The summed E-state index contributed by atoms with van der Waals surface area (Å²) >= 11 is 0. The average Bonchev–Trinajstić information content (AvgIpc) is 2.89. The molecule has 3 rings (SSSR count). The van der Waals surface area contributed by atoms with Crippen molar-refractivity contribution in [2.45, 2.75) is 45.3 Å². The van der Waals surface area contributed by atoms with E-state index < -0.39 is 11.6 Å². The molecule has 2 unspecified atom stereocenters. The van der Waals surface area contributed by atoms with Gasteiger partial charge < -0.3 is 10.1 Å². The Balaban J connectivity index is 2.07. The summed E-state index contributed by atoms with van der Waals surface area (Å²) in [5.74, 6) is -1.09. The van der Waals surface area contributed by atoms with Crippen LogP contribution in [0.15, 0.2) is 12.1 Å². The van der Waals surface area contributed by atoms with E-state index in [1.165, 1.54) is 0 Å². The molecule has 4 heteroatoms. The quantitative estimate of drug-likeness (QED) is 0.795. The van der Waals surface area contributed by atoms with Gasteiger partial charge in [0, 0.05) is 6.42 Å². The zero-order valence-electron chi connectivity index (χ0n) is 12.1. The number of ketones is 1. The average molecular weight is 273 g/mol. The van der Waals surface area contributed by atoms with Crippen LogP contribution in [0.5, 0.6) is 0 Å². The second-order valence-electron chi connectivity index (χ2n) is 5.88. The maximum Gasteiger partial charge on any atom is 0.237 e. The second kappa shape index (κ2) is 4.42. The Morgan fingerprint density at radius 2 is 1.85 bits per heavy atom. The zero-order valence-corrected chi connectivity index (χ0v) is 12.1. The molecule has 2 heterocycles. The number of Topliss-reactive ketones (excluding diaryl/α,β-unsaturated/α-hetero) is 1. The van der Waals surface area contributed by atoms with Crippen LogP contribution in [0.25, 0.3) is 0 Å². The highest BCUT2D eigenvalue weighted by atomic mass is 16.5. The molecule has 0 aromatic heterocycles. The lowest BCUT2D eigenvalue weighted by Crippen LogP contribution is -2.45. The highest BCUT2D eigenvalue weighted by Gasteiger charge is 2.56. The minimum Gasteiger partial charge on any atom is -0.349 e. The zero-order chi connectivity index (χ0) is 14.5. The van der Waals surface area contributed by atoms with Gasteiger partial charge >= 0.3 is 0 Å². The van der Waals surface area contributed by atoms with Crippen molar-refractivity contribution in [1.29, 1.82) is 0 Å². The first-order valence-electron chi connectivity index (χ1n) is 7.03. The van der Waals surface area contributed by atoms with E-state index in [-0.39, 0.29) is 11.7 Å². The van der Waals surface area contributed by atoms with Crippen molar-refractivity contribution in [3.8, 4) is 0 Å². The summed E-state index contributed by atoms with van der Waals surface area (Å²) in [5.41, 5.74) is 2.90. The summed E-state index contributed by atoms with van der Waals surface area (Å²) < 4.78 is 5.56. The van der Waals surface area contributed by atoms with Crippen LogP contribution in [0.2, 0.25) is 0 Å². The monoisotopic (exact) mass is 273 g/mol. The van der Waals surface area contributed by atoms with Crippen molar-refractivity contribution in [3.63, 3.8) is 0 Å². The Labute approximate surface area is 118 Å². The predicted molar refractivity (Wildman–Crippen MR) is 74.5 cm³/mol. The molecule has 4 nitrogen and oxygen atoms in total. The summed E-state index contributed by atoms with van der Waals surface area (Å²) in [7, 11) is 0. The van der Waals surface area contributed by atoms with Gasteiger partial charge in [-0.05, 0) is 43.9 Å². The molecule has 0 radical (unpaired) electrons. The van der Waals surface area contributed by atoms with Crippen LogP contribution in [0.4, 0.5) is 0 Å². The lowest BCUT2D eigenvalue weighted by molar-refractivity contribution is -0.138. The van der Waals surface area contributed by atoms with Gasteiger partial charge in [0.25, 0.3) is 0 Å². The minimum atomic E-state index is -1.06. The number of hydrogen-bond acceptors (Lipinski definition) is 3. The first-order chi connectivity index (χ1) is 9.44. The van der Waals surface area contributed by atoms with Gasteiger partial charge in [-0.15, -0.1) is 0 Å². The van der Waals surface area contributed by atoms with Gasteiger partial charge in [0.05, 0.1) is 6.61 Å². The minimum absolute atomic E-state index is 0.130. The van der Waals surface area contributed by atoms with Gasteiger partial charge in [0.15, 0.2) is 0 Å². The molecule has 1 aromatic rings. The SMILES string of the molecule is Cc1cc(C)c(C2C(=O)NC3(CCCO3)C2=O)c(C)c1. The Bertz CT molecular complexity index is 577. The number of aryl methyl sites for hydroxylation is 3. The maximum absolute atomic E-state index is 12.7. The predicted octanol–water partition coefficient (Wildman–Crippen LogP) is 1.90. The molecule has 1 amide bonds. The molecule has 0 bridgehead atoms. The number of hydrogen-bond donors (Lipinski definition) is 1. The summed E-state index contributed by atoms with van der Waals surface area (Å²) in [5, 5.41) is 2.79. The summed E-state index contributed by atoms with van der Waals surface area (Å²) in [6.07, 6.45) is 1.39. The van der Waals surface area contributed by atoms with E-state index in [1.807, 2.05) is 32.9 Å². The molecule has 2 atom stereocenters. The van der Waals surface area contributed by atoms with Crippen molar-refractivity contribution in [3.05, 3.63) is 34.4 Å². The van der Waals surface area contributed by atoms with Crippen LogP contribution in [-0.4, -0.2) is 24.0 Å². The van der Waals surface area contributed by atoms with Gasteiger partial charge in [-0.1, -0.05) is 17.7 Å². The van der Waals surface area contributed by atoms with Crippen LogP contribution in [0.1, 0.15) is 41.0 Å². The first kappa shape index (κ1) is 13.3. The van der Waals surface area contributed by atoms with Crippen molar-refractivity contribution < 1.29 is 14.3 Å². The lowest BCUT2D eigenvalue weighted by atomic mass is 9.85. The molecule has 0 saturated carbocycles. The molecule has 1 N–H and O–H groups in total. The Morgan fingerprint density at radius 3 is 2.40 bits per heavy atom. The number of nitrogens with one attached hydrogen (secondary N) is 1. The molecule has 1 aromatic carbocycles. The topological polar surface area (TPSA) is 55.4 Å². The summed E-state index contributed by atoms with van der Waals surface area (Å²) in [4.78, 5) is 25.0. The van der Waals surface area contributed by atoms with Crippen molar-refractivity contribution >= 4 is 11.7 Å². The number of carbonyl (C=O) groups is 2. The van der Waals surface area contributed by atoms with Gasteiger partial charge in [-0.25, -0.2) is 0 Å². The standard InChI is InChI=1S/C16H19NO3/c1-9-7-10(2)12(11(3)8-9)13-14(18)16(17-15(13)19)5-4-6-20-16/h7-8,13H,4-6H2,1-3H3,(H,17,19). The fourth-order valence-electron chi connectivity index (χ4n) is 3.53. The van der Waals surface area contributed by atoms with Crippen molar-refractivity contribution in [2.24, 2.45) is 0 Å². The third-order valence-electron chi connectivity index (χ3n) is 4.30.